The monoisotopic (exact) mass is 386 g/mol. The van der Waals surface area contributed by atoms with Gasteiger partial charge in [0.05, 0.1) is 26.4 Å². The van der Waals surface area contributed by atoms with E-state index >= 15 is 0 Å². The molecule has 0 aromatic carbocycles. The lowest BCUT2D eigenvalue weighted by Crippen LogP contribution is -2.18. The molecule has 2 aromatic heterocycles. The number of halogens is 1. The predicted molar refractivity (Wildman–Crippen MR) is 98.5 cm³/mol. The Bertz CT molecular complexity index is 832. The molecule has 4 unspecified atom stereocenters. The van der Waals surface area contributed by atoms with Gasteiger partial charge in [-0.2, -0.15) is 15.0 Å². The van der Waals surface area contributed by atoms with E-state index < -0.39 is 0 Å². The molecule has 2 N–H and O–H groups in total. The smallest absolute Gasteiger partial charge is 0.228 e. The van der Waals surface area contributed by atoms with Crippen molar-refractivity contribution in [1.82, 2.24) is 19.9 Å². The minimum atomic E-state index is 0.378. The molecule has 27 heavy (non-hydrogen) atoms. The minimum absolute atomic E-state index is 0.378. The van der Waals surface area contributed by atoms with Crippen molar-refractivity contribution >= 4 is 23.5 Å². The lowest BCUT2D eigenvalue weighted by Gasteiger charge is -2.12. The number of nitrogens with zero attached hydrogens (tertiary/aromatic N) is 4. The molecule has 140 valence electrons. The normalized spacial score (nSPS) is 35.4. The zero-order chi connectivity index (χ0) is 18.0. The summed E-state index contributed by atoms with van der Waals surface area (Å²) in [5.41, 5.74) is 0.634. The van der Waals surface area contributed by atoms with Gasteiger partial charge in [0, 0.05) is 35.8 Å². The van der Waals surface area contributed by atoms with Crippen LogP contribution in [0.2, 0.25) is 5.15 Å². The minimum Gasteiger partial charge on any atom is -0.381 e. The highest BCUT2D eigenvalue weighted by atomic mass is 35.5. The topological polar surface area (TPSA) is 94.1 Å². The maximum Gasteiger partial charge on any atom is 0.228 e. The van der Waals surface area contributed by atoms with Gasteiger partial charge in [0.1, 0.15) is 10.8 Å². The summed E-state index contributed by atoms with van der Waals surface area (Å²) < 4.78 is 10.9. The molecule has 0 amide bonds. The molecule has 4 aliphatic rings. The Morgan fingerprint density at radius 2 is 1.33 bits per heavy atom. The van der Waals surface area contributed by atoms with Gasteiger partial charge in [0.25, 0.3) is 0 Å². The van der Waals surface area contributed by atoms with Crippen molar-refractivity contribution in [3.63, 3.8) is 0 Å². The van der Waals surface area contributed by atoms with E-state index in [1.165, 1.54) is 0 Å². The fraction of sp³-hybridized carbons (Fsp3) is 0.556. The molecule has 5 atom stereocenters. The summed E-state index contributed by atoms with van der Waals surface area (Å²) in [6, 6.07) is 6.20. The molecule has 6 rings (SSSR count). The zero-order valence-corrected chi connectivity index (χ0v) is 15.3. The standard InChI is InChI=1S/C18H19ClN6O2/c19-13-3-1-2-12(20-13)16-23-17(21-14-8-4-26-5-9(8)14)25-18(24-16)22-15-10-6-27-7-11(10)15/h1-3,8-11,14-15H,4-7H2,(H2,21,22,23,24,25)/t8-,9?,10?,11?,14?,15?/m0/s1. The van der Waals surface area contributed by atoms with Gasteiger partial charge in [-0.1, -0.05) is 17.7 Å². The first kappa shape index (κ1) is 16.0. The van der Waals surface area contributed by atoms with Crippen LogP contribution in [0.4, 0.5) is 11.9 Å². The Morgan fingerprint density at radius 1 is 0.778 bits per heavy atom. The van der Waals surface area contributed by atoms with E-state index in [1.807, 2.05) is 12.1 Å². The van der Waals surface area contributed by atoms with Crippen LogP contribution >= 0.6 is 11.6 Å². The Hall–Kier alpha value is -2.03. The summed E-state index contributed by atoms with van der Waals surface area (Å²) in [6.45, 7) is 3.25. The van der Waals surface area contributed by atoms with Crippen molar-refractivity contribution in [3.8, 4) is 11.5 Å². The third-order valence-electron chi connectivity index (χ3n) is 6.08. The fourth-order valence-electron chi connectivity index (χ4n) is 4.36. The quantitative estimate of drug-likeness (QED) is 0.750. The first-order valence-corrected chi connectivity index (χ1v) is 9.71. The SMILES string of the molecule is Clc1cccc(-c2nc(NC3C4COCC43)nc(NC3C4COC[C@@H]43)n2)n1. The van der Waals surface area contributed by atoms with Crippen LogP contribution in [0.3, 0.4) is 0 Å². The van der Waals surface area contributed by atoms with Gasteiger partial charge in [-0.05, 0) is 12.1 Å². The average molecular weight is 387 g/mol. The molecule has 4 fully saturated rings. The van der Waals surface area contributed by atoms with E-state index in [0.29, 0.717) is 64.3 Å². The molecule has 2 aromatic rings. The summed E-state index contributed by atoms with van der Waals surface area (Å²) in [7, 11) is 0. The van der Waals surface area contributed by atoms with Crippen LogP contribution in [-0.2, 0) is 9.47 Å². The summed E-state index contributed by atoms with van der Waals surface area (Å²) >= 11 is 6.05. The van der Waals surface area contributed by atoms with Crippen molar-refractivity contribution in [3.05, 3.63) is 23.4 Å². The highest BCUT2D eigenvalue weighted by Crippen LogP contribution is 2.47. The first-order chi connectivity index (χ1) is 13.3. The number of nitrogens with one attached hydrogen (secondary N) is 2. The molecule has 8 nitrogen and oxygen atoms in total. The van der Waals surface area contributed by atoms with Gasteiger partial charge in [-0.15, -0.1) is 0 Å². The summed E-state index contributed by atoms with van der Waals surface area (Å²) in [6.07, 6.45) is 0. The zero-order valence-electron chi connectivity index (χ0n) is 14.5. The van der Waals surface area contributed by atoms with E-state index in [1.54, 1.807) is 6.07 Å². The molecule has 0 radical (unpaired) electrons. The molecule has 0 bridgehead atoms. The number of hydrogen-bond acceptors (Lipinski definition) is 8. The molecule has 9 heteroatoms. The van der Waals surface area contributed by atoms with Gasteiger partial charge in [0.15, 0.2) is 5.82 Å². The van der Waals surface area contributed by atoms with Crippen molar-refractivity contribution in [2.45, 2.75) is 12.1 Å². The van der Waals surface area contributed by atoms with Crippen LogP contribution in [0.5, 0.6) is 0 Å². The lowest BCUT2D eigenvalue weighted by molar-refractivity contribution is 0.162. The second-order valence-corrected chi connectivity index (χ2v) is 8.11. The van der Waals surface area contributed by atoms with Crippen LogP contribution in [0.25, 0.3) is 11.5 Å². The maximum atomic E-state index is 6.05. The van der Waals surface area contributed by atoms with Gasteiger partial charge in [0.2, 0.25) is 11.9 Å². The number of ether oxygens (including phenoxy) is 2. The maximum absolute atomic E-state index is 6.05. The summed E-state index contributed by atoms with van der Waals surface area (Å²) in [5.74, 6) is 3.91. The summed E-state index contributed by atoms with van der Waals surface area (Å²) in [4.78, 5) is 18.1. The molecule has 4 heterocycles. The number of anilines is 2. The second kappa shape index (κ2) is 5.98. The third-order valence-corrected chi connectivity index (χ3v) is 6.29. The van der Waals surface area contributed by atoms with E-state index in [0.717, 1.165) is 26.4 Å². The highest BCUT2D eigenvalue weighted by Gasteiger charge is 2.55. The third kappa shape index (κ3) is 2.83. The Balaban J connectivity index is 1.29. The van der Waals surface area contributed by atoms with Gasteiger partial charge < -0.3 is 20.1 Å². The summed E-state index contributed by atoms with van der Waals surface area (Å²) in [5, 5.41) is 7.34. The second-order valence-electron chi connectivity index (χ2n) is 7.72. The molecule has 2 saturated heterocycles. The molecule has 2 aliphatic heterocycles. The van der Waals surface area contributed by atoms with Gasteiger partial charge >= 0.3 is 0 Å². The number of rotatable bonds is 5. The largest absolute Gasteiger partial charge is 0.381 e. The average Bonchev–Trinajstić information content (AvgIpc) is 3.30. The van der Waals surface area contributed by atoms with E-state index in [2.05, 4.69) is 30.6 Å². The van der Waals surface area contributed by atoms with Crippen LogP contribution in [0, 0.1) is 23.7 Å². The number of hydrogen-bond donors (Lipinski definition) is 2. The molecular formula is C18H19ClN6O2. The predicted octanol–water partition coefficient (Wildman–Crippen LogP) is 1.70. The van der Waals surface area contributed by atoms with E-state index in [-0.39, 0.29) is 0 Å². The van der Waals surface area contributed by atoms with Crippen molar-refractivity contribution < 1.29 is 9.47 Å². The molecule has 2 saturated carbocycles. The Morgan fingerprint density at radius 3 is 1.85 bits per heavy atom. The van der Waals surface area contributed by atoms with Crippen LogP contribution in [0.1, 0.15) is 0 Å². The number of pyridine rings is 1. The number of fused-ring (bicyclic) bond motifs is 2. The highest BCUT2D eigenvalue weighted by molar-refractivity contribution is 6.29. The van der Waals surface area contributed by atoms with Gasteiger partial charge in [-0.25, -0.2) is 4.98 Å². The van der Waals surface area contributed by atoms with Gasteiger partial charge in [-0.3, -0.25) is 0 Å². The van der Waals surface area contributed by atoms with Crippen molar-refractivity contribution in [1.29, 1.82) is 0 Å². The first-order valence-electron chi connectivity index (χ1n) is 9.34. The Kier molecular flexibility index (Phi) is 3.54. The molecule has 0 spiro atoms. The number of aromatic nitrogens is 4. The van der Waals surface area contributed by atoms with E-state index in [9.17, 15) is 0 Å². The van der Waals surface area contributed by atoms with Crippen LogP contribution < -0.4 is 10.6 Å². The fourth-order valence-corrected chi connectivity index (χ4v) is 4.52. The van der Waals surface area contributed by atoms with E-state index in [4.69, 9.17) is 21.1 Å². The lowest BCUT2D eigenvalue weighted by atomic mass is 10.3. The van der Waals surface area contributed by atoms with Crippen molar-refractivity contribution in [2.75, 3.05) is 37.1 Å². The Labute approximate surface area is 161 Å². The van der Waals surface area contributed by atoms with Crippen molar-refractivity contribution in [2.24, 2.45) is 23.7 Å². The van der Waals surface area contributed by atoms with Crippen LogP contribution in [0.15, 0.2) is 18.2 Å². The molecular weight excluding hydrogens is 368 g/mol. The molecule has 2 aliphatic carbocycles. The van der Waals surface area contributed by atoms with Crippen LogP contribution in [-0.4, -0.2) is 58.4 Å².